The van der Waals surface area contributed by atoms with E-state index >= 15 is 0 Å². The highest BCUT2D eigenvalue weighted by Crippen LogP contribution is 2.37. The van der Waals surface area contributed by atoms with Crippen LogP contribution in [0.25, 0.3) is 10.9 Å². The van der Waals surface area contributed by atoms with Crippen LogP contribution in [0, 0.1) is 0 Å². The molecule has 2 aromatic heterocycles. The highest BCUT2D eigenvalue weighted by Gasteiger charge is 2.25. The number of rotatable bonds is 8. The molecule has 5 rings (SSSR count). The number of aromatic nitrogens is 2. The van der Waals surface area contributed by atoms with Gasteiger partial charge in [-0.1, -0.05) is 32.0 Å². The first kappa shape index (κ1) is 21.5. The lowest BCUT2D eigenvalue weighted by Gasteiger charge is -2.13. The van der Waals surface area contributed by atoms with Crippen molar-refractivity contribution in [2.45, 2.75) is 45.1 Å². The maximum atomic E-state index is 5.56. The number of benzene rings is 2. The van der Waals surface area contributed by atoms with E-state index in [9.17, 15) is 0 Å². The fourth-order valence-electron chi connectivity index (χ4n) is 4.90. The monoisotopic (exact) mass is 440 g/mol. The molecule has 1 atom stereocenters. The van der Waals surface area contributed by atoms with E-state index in [1.54, 1.807) is 7.11 Å². The van der Waals surface area contributed by atoms with E-state index in [0.717, 1.165) is 48.6 Å². The number of hydrogen-bond donors (Lipinski definition) is 3. The minimum absolute atomic E-state index is 0.113. The Morgan fingerprint density at radius 2 is 1.91 bits per heavy atom. The Balaban J connectivity index is 1.21. The number of H-pyrrole nitrogens is 1. The molecule has 0 saturated heterocycles. The van der Waals surface area contributed by atoms with Gasteiger partial charge in [-0.2, -0.15) is 0 Å². The molecule has 5 heteroatoms. The molecule has 0 saturated carbocycles. The van der Waals surface area contributed by atoms with Gasteiger partial charge < -0.3 is 20.4 Å². The number of anilines is 3. The van der Waals surface area contributed by atoms with Gasteiger partial charge in [0.05, 0.1) is 11.8 Å². The second-order valence-corrected chi connectivity index (χ2v) is 9.10. The molecule has 0 spiro atoms. The Morgan fingerprint density at radius 3 is 2.70 bits per heavy atom. The van der Waals surface area contributed by atoms with Crippen molar-refractivity contribution in [2.75, 3.05) is 24.3 Å². The third-order valence-corrected chi connectivity index (χ3v) is 6.68. The fourth-order valence-corrected chi connectivity index (χ4v) is 4.90. The molecule has 0 bridgehead atoms. The van der Waals surface area contributed by atoms with Crippen molar-refractivity contribution < 1.29 is 4.74 Å². The van der Waals surface area contributed by atoms with Gasteiger partial charge in [0.2, 0.25) is 0 Å². The lowest BCUT2D eigenvalue weighted by molar-refractivity contribution is 0.102. The van der Waals surface area contributed by atoms with Gasteiger partial charge in [0.15, 0.2) is 0 Å². The van der Waals surface area contributed by atoms with Crippen LogP contribution in [0.2, 0.25) is 0 Å². The van der Waals surface area contributed by atoms with Crippen LogP contribution < -0.4 is 10.6 Å². The third-order valence-electron chi connectivity index (χ3n) is 6.68. The molecule has 1 aliphatic carbocycles. The van der Waals surface area contributed by atoms with Gasteiger partial charge in [0, 0.05) is 54.0 Å². The fraction of sp³-hybridized carbons (Fsp3) is 0.321. The summed E-state index contributed by atoms with van der Waals surface area (Å²) in [4.78, 5) is 8.03. The number of methoxy groups -OCH3 is 1. The van der Waals surface area contributed by atoms with E-state index in [0.29, 0.717) is 5.92 Å². The van der Waals surface area contributed by atoms with Gasteiger partial charge in [-0.25, -0.2) is 0 Å². The normalized spacial score (nSPS) is 15.2. The largest absolute Gasteiger partial charge is 0.385 e. The van der Waals surface area contributed by atoms with Gasteiger partial charge in [-0.15, -0.1) is 0 Å². The first-order valence-electron chi connectivity index (χ1n) is 11.8. The Kier molecular flexibility index (Phi) is 6.05. The average molecular weight is 441 g/mol. The second kappa shape index (κ2) is 9.28. The maximum absolute atomic E-state index is 5.56. The molecule has 1 unspecified atom stereocenters. The number of nitrogens with one attached hydrogen (secondary N) is 3. The quantitative estimate of drug-likeness (QED) is 0.285. The predicted octanol–water partition coefficient (Wildman–Crippen LogP) is 6.72. The van der Waals surface area contributed by atoms with Crippen LogP contribution in [0.3, 0.4) is 0 Å². The summed E-state index contributed by atoms with van der Waals surface area (Å²) in [5.74, 6) is 0.514. The second-order valence-electron chi connectivity index (χ2n) is 9.10. The smallest absolute Gasteiger partial charge is 0.0997 e. The molecule has 2 aromatic carbocycles. The zero-order valence-corrected chi connectivity index (χ0v) is 19.6. The summed E-state index contributed by atoms with van der Waals surface area (Å²) in [5, 5.41) is 8.46. The van der Waals surface area contributed by atoms with Crippen molar-refractivity contribution in [1.29, 1.82) is 0 Å². The molecule has 5 nitrogen and oxygen atoms in total. The van der Waals surface area contributed by atoms with Crippen molar-refractivity contribution in [3.8, 4) is 0 Å². The Hall–Kier alpha value is -3.31. The van der Waals surface area contributed by atoms with Crippen molar-refractivity contribution in [3.05, 3.63) is 83.3 Å². The van der Waals surface area contributed by atoms with E-state index in [1.807, 2.05) is 6.20 Å². The van der Waals surface area contributed by atoms with Crippen LogP contribution in [0.15, 0.2) is 60.9 Å². The average Bonchev–Trinajstić information content (AvgIpc) is 3.45. The van der Waals surface area contributed by atoms with Crippen LogP contribution in [0.4, 0.5) is 17.1 Å². The Bertz CT molecular complexity index is 1240. The van der Waals surface area contributed by atoms with Crippen LogP contribution in [-0.4, -0.2) is 23.6 Å². The van der Waals surface area contributed by atoms with Crippen LogP contribution >= 0.6 is 0 Å². The number of para-hydroxylation sites is 1. The van der Waals surface area contributed by atoms with Gasteiger partial charge >= 0.3 is 0 Å². The van der Waals surface area contributed by atoms with E-state index < -0.39 is 0 Å². The van der Waals surface area contributed by atoms with E-state index in [4.69, 9.17) is 4.74 Å². The summed E-state index contributed by atoms with van der Waals surface area (Å²) < 4.78 is 5.56. The zero-order valence-electron chi connectivity index (χ0n) is 19.6. The van der Waals surface area contributed by atoms with Crippen LogP contribution in [0.5, 0.6) is 0 Å². The molecule has 170 valence electrons. The minimum Gasteiger partial charge on any atom is -0.385 e. The summed E-state index contributed by atoms with van der Waals surface area (Å²) in [6, 6.07) is 17.2. The number of hydrogen-bond acceptors (Lipinski definition) is 4. The Morgan fingerprint density at radius 1 is 1.09 bits per heavy atom. The first-order valence-corrected chi connectivity index (χ1v) is 11.8. The molecule has 33 heavy (non-hydrogen) atoms. The van der Waals surface area contributed by atoms with E-state index in [1.165, 1.54) is 27.6 Å². The summed E-state index contributed by atoms with van der Waals surface area (Å²) >= 11 is 0. The minimum atomic E-state index is 0.113. The first-order chi connectivity index (χ1) is 16.1. The third kappa shape index (κ3) is 4.33. The number of aromatic amines is 1. The lowest BCUT2D eigenvalue weighted by atomic mass is 9.99. The van der Waals surface area contributed by atoms with Gasteiger partial charge in [0.1, 0.15) is 0 Å². The molecule has 0 amide bonds. The van der Waals surface area contributed by atoms with Crippen molar-refractivity contribution >= 4 is 28.0 Å². The number of ether oxygens (including phenoxy) is 1. The zero-order chi connectivity index (χ0) is 22.8. The Labute approximate surface area is 195 Å². The molecule has 2 heterocycles. The summed E-state index contributed by atoms with van der Waals surface area (Å²) in [5.41, 5.74) is 9.68. The summed E-state index contributed by atoms with van der Waals surface area (Å²) in [6.45, 7) is 5.38. The van der Waals surface area contributed by atoms with Crippen LogP contribution in [-0.2, 0) is 17.6 Å². The maximum Gasteiger partial charge on any atom is 0.0997 e. The molecular formula is C28H32N4O. The number of pyridine rings is 1. The summed E-state index contributed by atoms with van der Waals surface area (Å²) in [7, 11) is 1.76. The highest BCUT2D eigenvalue weighted by atomic mass is 16.5. The van der Waals surface area contributed by atoms with Crippen LogP contribution in [0.1, 0.15) is 54.7 Å². The number of fused-ring (bicyclic) bond motifs is 2. The number of nitrogens with zero attached hydrogens (tertiary/aromatic N) is 1. The van der Waals surface area contributed by atoms with Gasteiger partial charge in [-0.05, 0) is 72.2 Å². The lowest BCUT2D eigenvalue weighted by Crippen LogP contribution is -2.04. The molecule has 4 aromatic rings. The van der Waals surface area contributed by atoms with Crippen molar-refractivity contribution in [2.24, 2.45) is 0 Å². The summed E-state index contributed by atoms with van der Waals surface area (Å²) in [6.07, 6.45) is 7.11. The van der Waals surface area contributed by atoms with Crippen molar-refractivity contribution in [1.82, 2.24) is 9.97 Å². The predicted molar refractivity (Wildman–Crippen MR) is 137 cm³/mol. The standard InChI is InChI=1S/C28H32N4O/c1-18(2)22-5-4-6-23-19(17-31-27(22)23)13-15-29-20-7-9-21(10-8-20)32-25-14-16-30-28-24(25)11-12-26(28)33-3/h4-10,14,16-18,26,29,31H,11-13,15H2,1-3H3,(H,30,32). The highest BCUT2D eigenvalue weighted by molar-refractivity contribution is 5.86. The molecule has 0 aliphatic heterocycles. The molecule has 0 fully saturated rings. The molecule has 0 radical (unpaired) electrons. The van der Waals surface area contributed by atoms with E-state index in [2.05, 4.69) is 89.2 Å². The van der Waals surface area contributed by atoms with E-state index in [-0.39, 0.29) is 6.10 Å². The topological polar surface area (TPSA) is 62.0 Å². The SMILES string of the molecule is COC1CCc2c(Nc3ccc(NCCc4c[nH]c5c(C(C)C)cccc45)cc3)ccnc21. The molecular weight excluding hydrogens is 408 g/mol. The molecule has 1 aliphatic rings. The molecule has 3 N–H and O–H groups in total. The van der Waals surface area contributed by atoms with Crippen molar-refractivity contribution in [3.63, 3.8) is 0 Å². The van der Waals surface area contributed by atoms with Gasteiger partial charge in [-0.3, -0.25) is 4.98 Å². The van der Waals surface area contributed by atoms with Gasteiger partial charge in [0.25, 0.3) is 0 Å².